The summed E-state index contributed by atoms with van der Waals surface area (Å²) in [6.45, 7) is 5.46. The number of carbonyl (C=O) groups is 1. The number of carbonyl (C=O) groups excluding carboxylic acids is 1. The molecule has 0 spiro atoms. The van der Waals surface area contributed by atoms with Crippen LogP contribution in [-0.2, 0) is 4.79 Å². The van der Waals surface area contributed by atoms with E-state index in [-0.39, 0.29) is 11.9 Å². The number of methoxy groups -OCH3 is 2. The fraction of sp³-hybridized carbons (Fsp3) is 0.400. The Morgan fingerprint density at radius 3 is 2.60 bits per heavy atom. The second kappa shape index (κ2) is 7.55. The molecule has 1 aromatic rings. The van der Waals surface area contributed by atoms with Crippen LogP contribution in [0.1, 0.15) is 24.9 Å². The molecule has 3 N–H and O–H groups in total. The summed E-state index contributed by atoms with van der Waals surface area (Å²) in [6, 6.07) is 4.78. The van der Waals surface area contributed by atoms with Crippen LogP contribution in [-0.4, -0.2) is 26.2 Å². The van der Waals surface area contributed by atoms with Gasteiger partial charge in [-0.3, -0.25) is 4.79 Å². The van der Waals surface area contributed by atoms with E-state index in [1.54, 1.807) is 26.4 Å². The number of hydrogen-bond donors (Lipinski definition) is 2. The monoisotopic (exact) mass is 278 g/mol. The topological polar surface area (TPSA) is 73.6 Å². The number of hydrogen-bond acceptors (Lipinski definition) is 4. The maximum absolute atomic E-state index is 11.9. The molecule has 1 rings (SSSR count). The van der Waals surface area contributed by atoms with Crippen molar-refractivity contribution in [3.8, 4) is 11.5 Å². The standard InChI is InChI=1S/C15H22N2O3/c1-5-6-12(16)15(18)17-10(2)11-7-8-13(19-3)14(9-11)20-4/h5,7-10,12H,1,6,16H2,2-4H3,(H,17,18). The van der Waals surface area contributed by atoms with Crippen molar-refractivity contribution in [1.29, 1.82) is 0 Å². The molecular weight excluding hydrogens is 256 g/mol. The number of benzene rings is 1. The lowest BCUT2D eigenvalue weighted by molar-refractivity contribution is -0.122. The molecule has 0 aliphatic carbocycles. The molecule has 20 heavy (non-hydrogen) atoms. The largest absolute Gasteiger partial charge is 0.493 e. The molecule has 110 valence electrons. The summed E-state index contributed by atoms with van der Waals surface area (Å²) in [5.41, 5.74) is 6.65. The molecular formula is C15H22N2O3. The van der Waals surface area contributed by atoms with Gasteiger partial charge in [-0.2, -0.15) is 0 Å². The van der Waals surface area contributed by atoms with Crippen LogP contribution in [0.3, 0.4) is 0 Å². The highest BCUT2D eigenvalue weighted by molar-refractivity contribution is 5.82. The van der Waals surface area contributed by atoms with Gasteiger partial charge in [0, 0.05) is 0 Å². The van der Waals surface area contributed by atoms with Crippen LogP contribution in [0.25, 0.3) is 0 Å². The summed E-state index contributed by atoms with van der Waals surface area (Å²) < 4.78 is 10.4. The molecule has 1 aromatic carbocycles. The van der Waals surface area contributed by atoms with Gasteiger partial charge in [0.2, 0.25) is 5.91 Å². The summed E-state index contributed by atoms with van der Waals surface area (Å²) in [4.78, 5) is 11.9. The van der Waals surface area contributed by atoms with E-state index in [1.807, 2.05) is 19.1 Å². The summed E-state index contributed by atoms with van der Waals surface area (Å²) in [5, 5.41) is 2.86. The second-order valence-corrected chi connectivity index (χ2v) is 4.48. The first kappa shape index (κ1) is 16.0. The predicted octanol–water partition coefficient (Wildman–Crippen LogP) is 1.78. The summed E-state index contributed by atoms with van der Waals surface area (Å²) in [7, 11) is 3.15. The maximum atomic E-state index is 11.9. The molecule has 5 heteroatoms. The molecule has 1 amide bonds. The van der Waals surface area contributed by atoms with Crippen LogP contribution in [0.15, 0.2) is 30.9 Å². The average Bonchev–Trinajstić information content (AvgIpc) is 2.46. The Morgan fingerprint density at radius 2 is 2.05 bits per heavy atom. The SMILES string of the molecule is C=CCC(N)C(=O)NC(C)c1ccc(OC)c(OC)c1. The number of nitrogens with one attached hydrogen (secondary N) is 1. The van der Waals surface area contributed by atoms with Gasteiger partial charge in [-0.15, -0.1) is 6.58 Å². The molecule has 0 bridgehead atoms. The van der Waals surface area contributed by atoms with Crippen molar-refractivity contribution in [2.24, 2.45) is 5.73 Å². The highest BCUT2D eigenvalue weighted by atomic mass is 16.5. The first-order valence-electron chi connectivity index (χ1n) is 6.42. The third kappa shape index (κ3) is 3.99. The van der Waals surface area contributed by atoms with Crippen molar-refractivity contribution in [2.75, 3.05) is 14.2 Å². The molecule has 0 saturated heterocycles. The van der Waals surface area contributed by atoms with E-state index in [1.165, 1.54) is 0 Å². The zero-order valence-corrected chi connectivity index (χ0v) is 12.2. The van der Waals surface area contributed by atoms with Crippen molar-refractivity contribution in [2.45, 2.75) is 25.4 Å². The normalized spacial score (nSPS) is 13.2. The van der Waals surface area contributed by atoms with Gasteiger partial charge < -0.3 is 20.5 Å². The average molecular weight is 278 g/mol. The summed E-state index contributed by atoms with van der Waals surface area (Å²) >= 11 is 0. The summed E-state index contributed by atoms with van der Waals surface area (Å²) in [5.74, 6) is 1.08. The second-order valence-electron chi connectivity index (χ2n) is 4.48. The maximum Gasteiger partial charge on any atom is 0.237 e. The quantitative estimate of drug-likeness (QED) is 0.746. The Balaban J connectivity index is 2.79. The molecule has 0 aliphatic rings. The zero-order chi connectivity index (χ0) is 15.1. The van der Waals surface area contributed by atoms with E-state index in [2.05, 4.69) is 11.9 Å². The highest BCUT2D eigenvalue weighted by Gasteiger charge is 2.16. The summed E-state index contributed by atoms with van der Waals surface area (Å²) in [6.07, 6.45) is 2.08. The van der Waals surface area contributed by atoms with E-state index < -0.39 is 6.04 Å². The van der Waals surface area contributed by atoms with Gasteiger partial charge in [-0.05, 0) is 31.0 Å². The van der Waals surface area contributed by atoms with E-state index >= 15 is 0 Å². The number of nitrogens with two attached hydrogens (primary N) is 1. The zero-order valence-electron chi connectivity index (χ0n) is 12.2. The molecule has 0 radical (unpaired) electrons. The third-order valence-electron chi connectivity index (χ3n) is 3.02. The molecule has 0 saturated carbocycles. The Bertz CT molecular complexity index is 474. The third-order valence-corrected chi connectivity index (χ3v) is 3.02. The van der Waals surface area contributed by atoms with Gasteiger partial charge in [0.25, 0.3) is 0 Å². The Morgan fingerprint density at radius 1 is 1.40 bits per heavy atom. The van der Waals surface area contributed by atoms with Crippen molar-refractivity contribution in [3.63, 3.8) is 0 Å². The smallest absolute Gasteiger partial charge is 0.237 e. The molecule has 0 aliphatic heterocycles. The fourth-order valence-electron chi connectivity index (χ4n) is 1.81. The van der Waals surface area contributed by atoms with Crippen molar-refractivity contribution < 1.29 is 14.3 Å². The minimum atomic E-state index is -0.574. The number of amides is 1. The van der Waals surface area contributed by atoms with Crippen LogP contribution < -0.4 is 20.5 Å². The fourth-order valence-corrected chi connectivity index (χ4v) is 1.81. The van der Waals surface area contributed by atoms with Gasteiger partial charge in [-0.1, -0.05) is 12.1 Å². The lowest BCUT2D eigenvalue weighted by Crippen LogP contribution is -2.41. The Hall–Kier alpha value is -2.01. The Labute approximate surface area is 119 Å². The van der Waals surface area contributed by atoms with Crippen LogP contribution >= 0.6 is 0 Å². The first-order chi connectivity index (χ1) is 9.53. The van der Waals surface area contributed by atoms with Gasteiger partial charge in [0.05, 0.1) is 26.3 Å². The van der Waals surface area contributed by atoms with Gasteiger partial charge in [0.1, 0.15) is 0 Å². The van der Waals surface area contributed by atoms with E-state index in [0.717, 1.165) is 5.56 Å². The number of ether oxygens (including phenoxy) is 2. The molecule has 2 atom stereocenters. The molecule has 0 fully saturated rings. The van der Waals surface area contributed by atoms with Gasteiger partial charge in [0.15, 0.2) is 11.5 Å². The van der Waals surface area contributed by atoms with Crippen LogP contribution in [0.4, 0.5) is 0 Å². The molecule has 2 unspecified atom stereocenters. The lowest BCUT2D eigenvalue weighted by Gasteiger charge is -2.18. The first-order valence-corrected chi connectivity index (χ1v) is 6.42. The highest BCUT2D eigenvalue weighted by Crippen LogP contribution is 2.29. The lowest BCUT2D eigenvalue weighted by atomic mass is 10.1. The minimum Gasteiger partial charge on any atom is -0.493 e. The van der Waals surface area contributed by atoms with Crippen LogP contribution in [0.5, 0.6) is 11.5 Å². The van der Waals surface area contributed by atoms with Gasteiger partial charge in [-0.25, -0.2) is 0 Å². The van der Waals surface area contributed by atoms with Crippen molar-refractivity contribution in [1.82, 2.24) is 5.32 Å². The minimum absolute atomic E-state index is 0.168. The predicted molar refractivity (Wildman–Crippen MR) is 78.9 cm³/mol. The molecule has 0 aromatic heterocycles. The molecule has 0 heterocycles. The van der Waals surface area contributed by atoms with E-state index in [0.29, 0.717) is 17.9 Å². The molecule has 5 nitrogen and oxygen atoms in total. The Kier molecular flexibility index (Phi) is 6.06. The van der Waals surface area contributed by atoms with Crippen molar-refractivity contribution >= 4 is 5.91 Å². The van der Waals surface area contributed by atoms with E-state index in [9.17, 15) is 4.79 Å². The van der Waals surface area contributed by atoms with E-state index in [4.69, 9.17) is 15.2 Å². The number of rotatable bonds is 7. The van der Waals surface area contributed by atoms with Gasteiger partial charge >= 0.3 is 0 Å². The van der Waals surface area contributed by atoms with Crippen LogP contribution in [0.2, 0.25) is 0 Å². The van der Waals surface area contributed by atoms with Crippen LogP contribution in [0, 0.1) is 0 Å². The van der Waals surface area contributed by atoms with Crippen molar-refractivity contribution in [3.05, 3.63) is 36.4 Å².